The highest BCUT2D eigenvalue weighted by atomic mass is 35.5. The van der Waals surface area contributed by atoms with Gasteiger partial charge in [0.1, 0.15) is 23.7 Å². The molecule has 1 fully saturated rings. The highest BCUT2D eigenvalue weighted by Crippen LogP contribution is 2.61. The van der Waals surface area contributed by atoms with Gasteiger partial charge in [-0.3, -0.25) is 4.79 Å². The van der Waals surface area contributed by atoms with Crippen LogP contribution in [0.25, 0.3) is 0 Å². The molecule has 118 valence electrons. The third-order valence-corrected chi connectivity index (χ3v) is 5.44. The lowest BCUT2D eigenvalue weighted by molar-refractivity contribution is -0.137. The molecule has 2 unspecified atom stereocenters. The Morgan fingerprint density at radius 1 is 1.18 bits per heavy atom. The zero-order valence-corrected chi connectivity index (χ0v) is 13.5. The van der Waals surface area contributed by atoms with E-state index in [0.29, 0.717) is 5.02 Å². The van der Waals surface area contributed by atoms with Crippen molar-refractivity contribution in [3.63, 3.8) is 0 Å². The highest BCUT2D eigenvalue weighted by molar-refractivity contribution is 6.33. The highest BCUT2D eigenvalue weighted by Gasteiger charge is 2.52. The molecule has 1 aromatic carbocycles. The molecular formula is C17H19ClO4. The summed E-state index contributed by atoms with van der Waals surface area (Å²) in [5.41, 5.74) is 2.85. The molecule has 4 rings (SSSR count). The van der Waals surface area contributed by atoms with Gasteiger partial charge in [-0.1, -0.05) is 11.6 Å². The number of aliphatic carboxylic acids is 1. The molecule has 5 heteroatoms. The molecule has 1 saturated carbocycles. The first-order chi connectivity index (χ1) is 10.4. The largest absolute Gasteiger partial charge is 0.490 e. The van der Waals surface area contributed by atoms with Gasteiger partial charge in [-0.2, -0.15) is 0 Å². The molecule has 4 nitrogen and oxygen atoms in total. The number of ether oxygens (including phenoxy) is 2. The van der Waals surface area contributed by atoms with Gasteiger partial charge in [0.2, 0.25) is 0 Å². The Kier molecular flexibility index (Phi) is 2.93. The fourth-order valence-electron chi connectivity index (χ4n) is 3.98. The summed E-state index contributed by atoms with van der Waals surface area (Å²) in [7, 11) is 0. The molecule has 0 aromatic heterocycles. The van der Waals surface area contributed by atoms with Gasteiger partial charge < -0.3 is 14.6 Å². The molecule has 0 bridgehead atoms. The number of rotatable bonds is 3. The summed E-state index contributed by atoms with van der Waals surface area (Å²) < 4.78 is 12.0. The summed E-state index contributed by atoms with van der Waals surface area (Å²) >= 11 is 6.56. The van der Waals surface area contributed by atoms with E-state index in [1.54, 1.807) is 0 Å². The minimum Gasteiger partial charge on any atom is -0.490 e. The fourth-order valence-corrected chi connectivity index (χ4v) is 4.30. The average Bonchev–Trinajstić information content (AvgIpc) is 2.90. The van der Waals surface area contributed by atoms with E-state index in [-0.39, 0.29) is 24.0 Å². The number of fused-ring (bicyclic) bond motifs is 2. The second-order valence-corrected chi connectivity index (χ2v) is 7.30. The van der Waals surface area contributed by atoms with Crippen LogP contribution in [0.2, 0.25) is 5.02 Å². The molecule has 0 spiro atoms. The van der Waals surface area contributed by atoms with Gasteiger partial charge in [-0.15, -0.1) is 0 Å². The third kappa shape index (κ3) is 1.93. The third-order valence-electron chi connectivity index (χ3n) is 5.04. The maximum atomic E-state index is 11.3. The molecule has 0 radical (unpaired) electrons. The first-order valence-corrected chi connectivity index (χ1v) is 8.22. The van der Waals surface area contributed by atoms with Crippen molar-refractivity contribution in [2.75, 3.05) is 0 Å². The predicted molar refractivity (Wildman–Crippen MR) is 82.2 cm³/mol. The Labute approximate surface area is 134 Å². The van der Waals surface area contributed by atoms with Crippen LogP contribution < -0.4 is 9.47 Å². The van der Waals surface area contributed by atoms with Crippen LogP contribution in [0.4, 0.5) is 0 Å². The fraction of sp³-hybridized carbons (Fsp3) is 0.588. The van der Waals surface area contributed by atoms with Crippen molar-refractivity contribution in [1.29, 1.82) is 0 Å². The standard InChI is InChI=1S/C17H19ClO4/c1-8-5-10-13(17(3-4-17)7-12(19)20)15-11(6-9(2)21-15)14(18)16(10)22-8/h8-9H,3-7H2,1-2H3,(H,19,20). The lowest BCUT2D eigenvalue weighted by atomic mass is 9.84. The molecule has 3 aliphatic rings. The van der Waals surface area contributed by atoms with Gasteiger partial charge in [-0.05, 0) is 26.7 Å². The monoisotopic (exact) mass is 322 g/mol. The lowest BCUT2D eigenvalue weighted by Gasteiger charge is -2.21. The number of halogens is 1. The van der Waals surface area contributed by atoms with Gasteiger partial charge in [0.25, 0.3) is 0 Å². The van der Waals surface area contributed by atoms with Crippen molar-refractivity contribution in [1.82, 2.24) is 0 Å². The average molecular weight is 323 g/mol. The van der Waals surface area contributed by atoms with Crippen LogP contribution in [0.3, 0.4) is 0 Å². The molecule has 1 aromatic rings. The Morgan fingerprint density at radius 3 is 2.36 bits per heavy atom. The van der Waals surface area contributed by atoms with Crippen LogP contribution >= 0.6 is 11.6 Å². The summed E-state index contributed by atoms with van der Waals surface area (Å²) in [6, 6.07) is 0. The summed E-state index contributed by atoms with van der Waals surface area (Å²) in [6.45, 7) is 4.04. The summed E-state index contributed by atoms with van der Waals surface area (Å²) in [4.78, 5) is 11.3. The second-order valence-electron chi connectivity index (χ2n) is 6.92. The minimum absolute atomic E-state index is 0.0758. The van der Waals surface area contributed by atoms with Crippen molar-refractivity contribution in [3.8, 4) is 11.5 Å². The van der Waals surface area contributed by atoms with Gasteiger partial charge in [0, 0.05) is 34.9 Å². The van der Waals surface area contributed by atoms with E-state index in [4.69, 9.17) is 21.1 Å². The number of carboxylic acid groups (broad SMARTS) is 1. The number of benzene rings is 1. The number of hydrogen-bond donors (Lipinski definition) is 1. The Bertz CT molecular complexity index is 639. The molecular weight excluding hydrogens is 304 g/mol. The van der Waals surface area contributed by atoms with Crippen LogP contribution in [-0.4, -0.2) is 23.3 Å². The van der Waals surface area contributed by atoms with Gasteiger partial charge in [0.15, 0.2) is 0 Å². The molecule has 2 atom stereocenters. The first kappa shape index (κ1) is 14.2. The molecule has 0 saturated heterocycles. The Hall–Kier alpha value is -1.42. The van der Waals surface area contributed by atoms with E-state index in [2.05, 4.69) is 0 Å². The van der Waals surface area contributed by atoms with E-state index < -0.39 is 5.97 Å². The van der Waals surface area contributed by atoms with Gasteiger partial charge >= 0.3 is 5.97 Å². The number of hydrogen-bond acceptors (Lipinski definition) is 3. The topological polar surface area (TPSA) is 55.8 Å². The molecule has 1 N–H and O–H groups in total. The van der Waals surface area contributed by atoms with Gasteiger partial charge in [-0.25, -0.2) is 0 Å². The molecule has 2 heterocycles. The number of carbonyl (C=O) groups is 1. The van der Waals surface area contributed by atoms with Crippen molar-refractivity contribution >= 4 is 17.6 Å². The van der Waals surface area contributed by atoms with E-state index >= 15 is 0 Å². The van der Waals surface area contributed by atoms with Crippen LogP contribution in [-0.2, 0) is 23.1 Å². The zero-order valence-electron chi connectivity index (χ0n) is 12.7. The number of carboxylic acids is 1. The normalized spacial score (nSPS) is 26.9. The molecule has 1 aliphatic carbocycles. The predicted octanol–water partition coefficient (Wildman–Crippen LogP) is 3.49. The second kappa shape index (κ2) is 4.54. The Morgan fingerprint density at radius 2 is 1.77 bits per heavy atom. The van der Waals surface area contributed by atoms with Crippen LogP contribution in [0.1, 0.15) is 49.8 Å². The van der Waals surface area contributed by atoms with E-state index in [1.165, 1.54) is 0 Å². The zero-order chi connectivity index (χ0) is 15.6. The van der Waals surface area contributed by atoms with Crippen LogP contribution in [0, 0.1) is 0 Å². The van der Waals surface area contributed by atoms with Crippen molar-refractivity contribution in [2.45, 2.75) is 63.6 Å². The summed E-state index contributed by atoms with van der Waals surface area (Å²) in [6.07, 6.45) is 3.63. The SMILES string of the molecule is CC1Cc2c(c(Cl)c3c(c2C2(CC(=O)O)CC2)OC(C)C3)O1. The Balaban J connectivity index is 1.93. The maximum Gasteiger partial charge on any atom is 0.304 e. The van der Waals surface area contributed by atoms with E-state index in [1.807, 2.05) is 13.8 Å². The molecule has 0 amide bonds. The van der Waals surface area contributed by atoms with E-state index in [9.17, 15) is 9.90 Å². The lowest BCUT2D eigenvalue weighted by Crippen LogP contribution is -2.17. The smallest absolute Gasteiger partial charge is 0.304 e. The maximum absolute atomic E-state index is 11.3. The van der Waals surface area contributed by atoms with Gasteiger partial charge in [0.05, 0.1) is 11.4 Å². The van der Waals surface area contributed by atoms with E-state index in [0.717, 1.165) is 53.9 Å². The van der Waals surface area contributed by atoms with Crippen molar-refractivity contribution < 1.29 is 19.4 Å². The molecule has 2 aliphatic heterocycles. The van der Waals surface area contributed by atoms with Crippen LogP contribution in [0.15, 0.2) is 0 Å². The molecule has 22 heavy (non-hydrogen) atoms. The summed E-state index contributed by atoms with van der Waals surface area (Å²) in [5.74, 6) is 0.845. The summed E-state index contributed by atoms with van der Waals surface area (Å²) in [5, 5.41) is 9.97. The van der Waals surface area contributed by atoms with Crippen molar-refractivity contribution in [3.05, 3.63) is 21.7 Å². The minimum atomic E-state index is -0.757. The first-order valence-electron chi connectivity index (χ1n) is 7.84. The quantitative estimate of drug-likeness (QED) is 0.925. The van der Waals surface area contributed by atoms with Crippen LogP contribution in [0.5, 0.6) is 11.5 Å². The van der Waals surface area contributed by atoms with Crippen molar-refractivity contribution in [2.24, 2.45) is 0 Å².